The molecule has 0 aliphatic rings. The van der Waals surface area contributed by atoms with Crippen molar-refractivity contribution in [2.24, 2.45) is 0 Å². The fraction of sp³-hybridized carbons (Fsp3) is 0.588. The second-order valence-electron chi connectivity index (χ2n) is 14.4. The predicted octanol–water partition coefficient (Wildman–Crippen LogP) is 14.4. The molecule has 0 aliphatic carbocycles. The molecule has 0 bridgehead atoms. The van der Waals surface area contributed by atoms with Crippen LogP contribution in [-0.4, -0.2) is 37.2 Å². The molecular formula is C51H80O6. The van der Waals surface area contributed by atoms with E-state index in [1.54, 1.807) is 0 Å². The standard InChI is InChI=1S/C51H80O6/c1-4-7-10-13-16-19-22-24-25-27-29-32-35-38-41-44-50(53)56-47-48(46-55-49(52)43-40-37-34-31-28-21-18-15-12-9-6-3)57-51(54)45-42-39-36-33-30-26-23-20-17-14-11-8-5-2/h7-8,10-11,13-20,22-26,30,48H,4-6,9,12,21,27-29,31-47H2,1-3H3/b10-7-,11-8-,16-13-,17-14-,18-15-,22-19-,23-20-,25-24-,30-26-. The summed E-state index contributed by atoms with van der Waals surface area (Å²) in [6.07, 6.45) is 59.2. The number of carbonyl (C=O) groups excluding carboxylic acids is 3. The van der Waals surface area contributed by atoms with Crippen molar-refractivity contribution in [2.45, 2.75) is 181 Å². The van der Waals surface area contributed by atoms with Crippen molar-refractivity contribution in [3.63, 3.8) is 0 Å². The van der Waals surface area contributed by atoms with Crippen molar-refractivity contribution in [1.82, 2.24) is 0 Å². The monoisotopic (exact) mass is 789 g/mol. The van der Waals surface area contributed by atoms with Gasteiger partial charge in [-0.1, -0.05) is 188 Å². The second kappa shape index (κ2) is 44.8. The molecule has 0 aromatic rings. The second-order valence-corrected chi connectivity index (χ2v) is 14.4. The molecule has 0 N–H and O–H groups in total. The summed E-state index contributed by atoms with van der Waals surface area (Å²) < 4.78 is 16.6. The number of hydrogen-bond acceptors (Lipinski definition) is 6. The molecule has 0 saturated carbocycles. The maximum Gasteiger partial charge on any atom is 0.306 e. The average Bonchev–Trinajstić information content (AvgIpc) is 3.21. The number of hydrogen-bond donors (Lipinski definition) is 0. The van der Waals surface area contributed by atoms with Crippen LogP contribution in [0.3, 0.4) is 0 Å². The van der Waals surface area contributed by atoms with Gasteiger partial charge in [-0.25, -0.2) is 0 Å². The minimum Gasteiger partial charge on any atom is -0.462 e. The zero-order valence-electron chi connectivity index (χ0n) is 36.3. The third-order valence-corrected chi connectivity index (χ3v) is 8.93. The van der Waals surface area contributed by atoms with E-state index < -0.39 is 6.10 Å². The number of unbranched alkanes of at least 4 members (excludes halogenated alkanes) is 15. The van der Waals surface area contributed by atoms with Crippen molar-refractivity contribution < 1.29 is 28.6 Å². The van der Waals surface area contributed by atoms with Crippen molar-refractivity contribution >= 4 is 17.9 Å². The Labute approximate surface area is 349 Å². The zero-order chi connectivity index (χ0) is 41.5. The first kappa shape index (κ1) is 53.1. The number of rotatable bonds is 38. The summed E-state index contributed by atoms with van der Waals surface area (Å²) in [4.78, 5) is 37.7. The first-order valence-electron chi connectivity index (χ1n) is 22.5. The van der Waals surface area contributed by atoms with E-state index in [1.165, 1.54) is 25.7 Å². The highest BCUT2D eigenvalue weighted by atomic mass is 16.6. The van der Waals surface area contributed by atoms with Crippen LogP contribution in [0.25, 0.3) is 0 Å². The SMILES string of the molecule is CC\C=C/C=C\C=C/C=C\CCCCCCCC(=O)OCC(COC(=O)CCCCCCC/C=C\CCCC)OC(=O)CCCCC\C=C/C=C\C=C/C=C\CC. The molecule has 320 valence electrons. The Hall–Kier alpha value is -3.93. The van der Waals surface area contributed by atoms with E-state index >= 15 is 0 Å². The summed E-state index contributed by atoms with van der Waals surface area (Å²) in [5.41, 5.74) is 0. The van der Waals surface area contributed by atoms with Gasteiger partial charge >= 0.3 is 17.9 Å². The molecule has 0 amide bonds. The normalized spacial score (nSPS) is 13.1. The lowest BCUT2D eigenvalue weighted by atomic mass is 10.1. The maximum absolute atomic E-state index is 12.7. The molecule has 0 aromatic carbocycles. The van der Waals surface area contributed by atoms with E-state index in [2.05, 4.69) is 69.4 Å². The first-order chi connectivity index (χ1) is 28.0. The van der Waals surface area contributed by atoms with Crippen LogP contribution >= 0.6 is 0 Å². The van der Waals surface area contributed by atoms with Gasteiger partial charge in [-0.2, -0.15) is 0 Å². The largest absolute Gasteiger partial charge is 0.462 e. The Balaban J connectivity index is 4.53. The van der Waals surface area contributed by atoms with Crippen molar-refractivity contribution in [3.05, 3.63) is 109 Å². The molecule has 0 aromatic heterocycles. The molecule has 1 atom stereocenters. The van der Waals surface area contributed by atoms with Gasteiger partial charge in [0.25, 0.3) is 0 Å². The summed E-state index contributed by atoms with van der Waals surface area (Å²) in [5.74, 6) is -0.995. The zero-order valence-corrected chi connectivity index (χ0v) is 36.3. The quantitative estimate of drug-likeness (QED) is 0.0204. The lowest BCUT2D eigenvalue weighted by Gasteiger charge is -2.18. The highest BCUT2D eigenvalue weighted by Crippen LogP contribution is 2.12. The molecule has 0 aliphatic heterocycles. The first-order valence-corrected chi connectivity index (χ1v) is 22.5. The lowest BCUT2D eigenvalue weighted by Crippen LogP contribution is -2.30. The van der Waals surface area contributed by atoms with Crippen LogP contribution in [0.15, 0.2) is 109 Å². The van der Waals surface area contributed by atoms with Crippen molar-refractivity contribution in [3.8, 4) is 0 Å². The summed E-state index contributed by atoms with van der Waals surface area (Å²) in [5, 5.41) is 0. The number of esters is 3. The van der Waals surface area contributed by atoms with E-state index in [9.17, 15) is 14.4 Å². The maximum atomic E-state index is 12.7. The molecular weight excluding hydrogens is 709 g/mol. The van der Waals surface area contributed by atoms with Crippen LogP contribution in [0, 0.1) is 0 Å². The smallest absolute Gasteiger partial charge is 0.306 e. The summed E-state index contributed by atoms with van der Waals surface area (Å²) in [6, 6.07) is 0. The van der Waals surface area contributed by atoms with E-state index in [0.717, 1.165) is 103 Å². The number of carbonyl (C=O) groups is 3. The van der Waals surface area contributed by atoms with Crippen molar-refractivity contribution in [2.75, 3.05) is 13.2 Å². The molecule has 0 saturated heterocycles. The fourth-order valence-electron chi connectivity index (χ4n) is 5.56. The predicted molar refractivity (Wildman–Crippen MR) is 242 cm³/mol. The van der Waals surface area contributed by atoms with Gasteiger partial charge in [-0.15, -0.1) is 0 Å². The van der Waals surface area contributed by atoms with E-state index in [0.29, 0.717) is 19.3 Å². The van der Waals surface area contributed by atoms with Gasteiger partial charge in [0.05, 0.1) is 0 Å². The third-order valence-electron chi connectivity index (χ3n) is 8.93. The summed E-state index contributed by atoms with van der Waals surface area (Å²) in [7, 11) is 0. The van der Waals surface area contributed by atoms with Crippen LogP contribution < -0.4 is 0 Å². The molecule has 0 rings (SSSR count). The van der Waals surface area contributed by atoms with Crippen LogP contribution in [-0.2, 0) is 28.6 Å². The van der Waals surface area contributed by atoms with E-state index in [4.69, 9.17) is 14.2 Å². The topological polar surface area (TPSA) is 78.9 Å². The summed E-state index contributed by atoms with van der Waals surface area (Å²) >= 11 is 0. The van der Waals surface area contributed by atoms with E-state index in [-0.39, 0.29) is 37.5 Å². The van der Waals surface area contributed by atoms with Crippen LogP contribution in [0.4, 0.5) is 0 Å². The highest BCUT2D eigenvalue weighted by molar-refractivity contribution is 5.71. The molecule has 6 nitrogen and oxygen atoms in total. The molecule has 1 unspecified atom stereocenters. The Bertz CT molecular complexity index is 1230. The van der Waals surface area contributed by atoms with Gasteiger partial charge in [0.1, 0.15) is 13.2 Å². The molecule has 57 heavy (non-hydrogen) atoms. The van der Waals surface area contributed by atoms with Gasteiger partial charge in [-0.05, 0) is 77.0 Å². The Morgan fingerprint density at radius 1 is 0.368 bits per heavy atom. The molecule has 0 spiro atoms. The van der Waals surface area contributed by atoms with Gasteiger partial charge in [0.2, 0.25) is 0 Å². The Morgan fingerprint density at radius 2 is 0.702 bits per heavy atom. The van der Waals surface area contributed by atoms with Gasteiger partial charge in [0.15, 0.2) is 6.10 Å². The Morgan fingerprint density at radius 3 is 1.14 bits per heavy atom. The fourth-order valence-corrected chi connectivity index (χ4v) is 5.56. The minimum atomic E-state index is -0.811. The van der Waals surface area contributed by atoms with Crippen LogP contribution in [0.5, 0.6) is 0 Å². The van der Waals surface area contributed by atoms with Crippen LogP contribution in [0.2, 0.25) is 0 Å². The number of ether oxygens (including phenoxy) is 3. The third kappa shape index (κ3) is 43.0. The highest BCUT2D eigenvalue weighted by Gasteiger charge is 2.19. The van der Waals surface area contributed by atoms with Gasteiger partial charge in [-0.3, -0.25) is 14.4 Å². The summed E-state index contributed by atoms with van der Waals surface area (Å²) in [6.45, 7) is 6.22. The molecule has 0 radical (unpaired) electrons. The van der Waals surface area contributed by atoms with E-state index in [1.807, 2.05) is 60.8 Å². The number of allylic oxidation sites excluding steroid dienone is 18. The van der Waals surface area contributed by atoms with Gasteiger partial charge in [0, 0.05) is 19.3 Å². The Kier molecular flexibility index (Phi) is 41.7. The average molecular weight is 789 g/mol. The molecule has 0 fully saturated rings. The van der Waals surface area contributed by atoms with Crippen molar-refractivity contribution in [1.29, 1.82) is 0 Å². The molecule has 0 heterocycles. The minimum absolute atomic E-state index is 0.109. The van der Waals surface area contributed by atoms with Crippen LogP contribution in [0.1, 0.15) is 175 Å². The lowest BCUT2D eigenvalue weighted by molar-refractivity contribution is -0.167. The van der Waals surface area contributed by atoms with Gasteiger partial charge < -0.3 is 14.2 Å². The molecule has 6 heteroatoms.